The van der Waals surface area contributed by atoms with Crippen molar-refractivity contribution in [3.05, 3.63) is 68.8 Å². The molecule has 0 saturated heterocycles. The predicted octanol–water partition coefficient (Wildman–Crippen LogP) is 4.78. The molecule has 150 valence electrons. The van der Waals surface area contributed by atoms with Crippen LogP contribution in [0.1, 0.15) is 29.2 Å². The predicted molar refractivity (Wildman–Crippen MR) is 115 cm³/mol. The van der Waals surface area contributed by atoms with Crippen LogP contribution in [0, 0.1) is 30.9 Å². The van der Waals surface area contributed by atoms with Crippen LogP contribution in [-0.4, -0.2) is 27.4 Å². The number of amides is 1. The average Bonchev–Trinajstić information content (AvgIpc) is 3.12. The molecule has 1 heterocycles. The summed E-state index contributed by atoms with van der Waals surface area (Å²) in [6.45, 7) is 7.71. The van der Waals surface area contributed by atoms with Gasteiger partial charge in [-0.2, -0.15) is 0 Å². The number of thioether (sulfide) groups is 1. The van der Waals surface area contributed by atoms with Crippen LogP contribution < -0.4 is 5.32 Å². The van der Waals surface area contributed by atoms with E-state index < -0.39 is 15.7 Å². The fourth-order valence-corrected chi connectivity index (χ4v) is 3.92. The molecule has 0 saturated carbocycles. The number of carbonyl (C=O) groups excluding carboxylic acids is 1. The largest absolute Gasteiger partial charge is 0.325 e. The summed E-state index contributed by atoms with van der Waals surface area (Å²) in [5.41, 5.74) is 3.58. The smallest absolute Gasteiger partial charge is 0.280 e. The minimum atomic E-state index is -0.620. The van der Waals surface area contributed by atoms with Gasteiger partial charge in [0.1, 0.15) is 0 Å². The Hall–Kier alpha value is -3.07. The van der Waals surface area contributed by atoms with Gasteiger partial charge < -0.3 is 5.32 Å². The van der Waals surface area contributed by atoms with Gasteiger partial charge in [-0.15, -0.1) is 10.2 Å². The lowest BCUT2D eigenvalue weighted by Crippen LogP contribution is -2.24. The van der Waals surface area contributed by atoms with E-state index in [1.165, 1.54) is 17.8 Å². The molecule has 9 heteroatoms. The van der Waals surface area contributed by atoms with E-state index in [4.69, 9.17) is 0 Å². The van der Waals surface area contributed by atoms with Crippen molar-refractivity contribution >= 4 is 34.9 Å². The number of anilines is 1. The minimum Gasteiger partial charge on any atom is -0.325 e. The molecule has 0 bridgehead atoms. The number of benzene rings is 2. The molecule has 1 aliphatic rings. The number of amidine groups is 1. The third-order valence-corrected chi connectivity index (χ3v) is 5.51. The molecule has 0 aromatic heterocycles. The highest BCUT2D eigenvalue weighted by Crippen LogP contribution is 2.29. The maximum Gasteiger partial charge on any atom is 0.280 e. The third-order valence-electron chi connectivity index (χ3n) is 4.45. The molecule has 0 spiro atoms. The van der Waals surface area contributed by atoms with Crippen LogP contribution >= 0.6 is 11.8 Å². The van der Waals surface area contributed by atoms with Crippen molar-refractivity contribution < 1.29 is 9.72 Å². The topological polar surface area (TPSA) is 109 Å². The van der Waals surface area contributed by atoms with E-state index in [9.17, 15) is 14.9 Å². The van der Waals surface area contributed by atoms with E-state index in [0.29, 0.717) is 5.56 Å². The van der Waals surface area contributed by atoms with Crippen LogP contribution in [-0.2, 0) is 4.79 Å². The summed E-state index contributed by atoms with van der Waals surface area (Å²) in [7, 11) is 0. The number of nitro benzene ring substituents is 1. The molecule has 1 amide bonds. The van der Waals surface area contributed by atoms with Gasteiger partial charge in [0.15, 0.2) is 5.84 Å². The van der Waals surface area contributed by atoms with Gasteiger partial charge in [0.25, 0.3) is 5.69 Å². The van der Waals surface area contributed by atoms with E-state index in [0.717, 1.165) is 22.4 Å². The molecule has 1 N–H and O–H groups in total. The van der Waals surface area contributed by atoms with E-state index in [2.05, 4.69) is 20.5 Å². The van der Waals surface area contributed by atoms with Crippen LogP contribution in [0.15, 0.2) is 51.6 Å². The number of aliphatic imine (C=N–C) groups is 1. The number of rotatable bonds is 6. The van der Waals surface area contributed by atoms with Crippen molar-refractivity contribution in [1.29, 1.82) is 0 Å². The SMILES string of the molecule is Cc1cc(C)c(NC(=O)C(C)SC2N=NC(c3ccccc3[N+](=O)[O-])=N2)c(C)c1. The molecule has 2 aromatic rings. The number of aryl methyl sites for hydroxylation is 3. The second kappa shape index (κ2) is 8.52. The summed E-state index contributed by atoms with van der Waals surface area (Å²) in [5.74, 6) is 0.0437. The van der Waals surface area contributed by atoms with Crippen LogP contribution in [0.2, 0.25) is 0 Å². The molecule has 2 aromatic carbocycles. The first-order chi connectivity index (χ1) is 13.8. The van der Waals surface area contributed by atoms with Crippen molar-refractivity contribution in [3.8, 4) is 0 Å². The highest BCUT2D eigenvalue weighted by atomic mass is 32.2. The summed E-state index contributed by atoms with van der Waals surface area (Å²) in [6, 6.07) is 10.3. The van der Waals surface area contributed by atoms with Crippen molar-refractivity contribution in [2.45, 2.75) is 38.4 Å². The number of nitrogens with zero attached hydrogens (tertiary/aromatic N) is 4. The van der Waals surface area contributed by atoms with Crippen LogP contribution in [0.5, 0.6) is 0 Å². The standard InChI is InChI=1S/C20H21N5O3S/c1-11-9-12(2)17(13(3)10-11)21-19(26)14(4)29-20-22-18(23-24-20)15-7-5-6-8-16(15)25(27)28/h5-10,14,20H,1-4H3,(H,21,26). The van der Waals surface area contributed by atoms with Gasteiger partial charge >= 0.3 is 0 Å². The Morgan fingerprint density at radius 3 is 2.52 bits per heavy atom. The normalized spacial score (nSPS) is 16.4. The molecule has 0 radical (unpaired) electrons. The van der Waals surface area contributed by atoms with E-state index >= 15 is 0 Å². The first-order valence-electron chi connectivity index (χ1n) is 9.03. The molecule has 3 rings (SSSR count). The zero-order chi connectivity index (χ0) is 21.1. The van der Waals surface area contributed by atoms with Crippen molar-refractivity contribution in [2.24, 2.45) is 15.2 Å². The molecule has 1 aliphatic heterocycles. The van der Waals surface area contributed by atoms with Gasteiger partial charge in [0, 0.05) is 11.8 Å². The maximum atomic E-state index is 12.6. The van der Waals surface area contributed by atoms with Crippen molar-refractivity contribution in [1.82, 2.24) is 0 Å². The quantitative estimate of drug-likeness (QED) is 0.545. The van der Waals surface area contributed by atoms with Gasteiger partial charge in [-0.05, 0) is 44.9 Å². The summed E-state index contributed by atoms with van der Waals surface area (Å²) >= 11 is 1.23. The lowest BCUT2D eigenvalue weighted by Gasteiger charge is -2.16. The number of para-hydroxylation sites is 1. The number of nitro groups is 1. The van der Waals surface area contributed by atoms with Gasteiger partial charge in [0.05, 0.1) is 15.7 Å². The Morgan fingerprint density at radius 2 is 1.86 bits per heavy atom. The summed E-state index contributed by atoms with van der Waals surface area (Å²) < 4.78 is 0. The van der Waals surface area contributed by atoms with Gasteiger partial charge in [-0.1, -0.05) is 41.6 Å². The number of hydrogen-bond donors (Lipinski definition) is 1. The lowest BCUT2D eigenvalue weighted by molar-refractivity contribution is -0.385. The summed E-state index contributed by atoms with van der Waals surface area (Å²) in [5, 5.41) is 21.8. The number of azo groups is 1. The lowest BCUT2D eigenvalue weighted by atomic mass is 10.1. The average molecular weight is 411 g/mol. The minimum absolute atomic E-state index is 0.0769. The Balaban J connectivity index is 1.69. The fourth-order valence-electron chi connectivity index (χ4n) is 3.11. The fraction of sp³-hybridized carbons (Fsp3) is 0.300. The highest BCUT2D eigenvalue weighted by molar-refractivity contribution is 8.01. The van der Waals surface area contributed by atoms with Crippen molar-refractivity contribution in [2.75, 3.05) is 5.32 Å². The van der Waals surface area contributed by atoms with Crippen LogP contribution in [0.4, 0.5) is 11.4 Å². The number of nitrogens with one attached hydrogen (secondary N) is 1. The summed E-state index contributed by atoms with van der Waals surface area (Å²) in [4.78, 5) is 27.7. The first kappa shape index (κ1) is 20.7. The first-order valence-corrected chi connectivity index (χ1v) is 9.97. The number of hydrogen-bond acceptors (Lipinski definition) is 7. The Labute approximate surface area is 172 Å². The highest BCUT2D eigenvalue weighted by Gasteiger charge is 2.26. The Morgan fingerprint density at radius 1 is 1.21 bits per heavy atom. The van der Waals surface area contributed by atoms with Gasteiger partial charge in [0.2, 0.25) is 11.4 Å². The zero-order valence-electron chi connectivity index (χ0n) is 16.5. The second-order valence-electron chi connectivity index (χ2n) is 6.81. The Bertz CT molecular complexity index is 1010. The third kappa shape index (κ3) is 4.68. The van der Waals surface area contributed by atoms with Crippen LogP contribution in [0.25, 0.3) is 0 Å². The molecule has 8 nitrogen and oxygen atoms in total. The molecule has 29 heavy (non-hydrogen) atoms. The second-order valence-corrected chi connectivity index (χ2v) is 8.21. The van der Waals surface area contributed by atoms with Crippen molar-refractivity contribution in [3.63, 3.8) is 0 Å². The summed E-state index contributed by atoms with van der Waals surface area (Å²) in [6.07, 6.45) is 0. The molecule has 0 aliphatic carbocycles. The van der Waals surface area contributed by atoms with E-state index in [1.807, 2.05) is 32.9 Å². The molecule has 0 fully saturated rings. The molecule has 2 atom stereocenters. The van der Waals surface area contributed by atoms with E-state index in [-0.39, 0.29) is 17.4 Å². The monoisotopic (exact) mass is 411 g/mol. The Kier molecular flexibility index (Phi) is 6.07. The van der Waals surface area contributed by atoms with Crippen LogP contribution in [0.3, 0.4) is 0 Å². The molecular formula is C20H21N5O3S. The number of carbonyl (C=O) groups is 1. The molecule has 2 unspecified atom stereocenters. The van der Waals surface area contributed by atoms with Gasteiger partial charge in [-0.25, -0.2) is 4.99 Å². The maximum absolute atomic E-state index is 12.6. The van der Waals surface area contributed by atoms with Gasteiger partial charge in [-0.3, -0.25) is 14.9 Å². The zero-order valence-corrected chi connectivity index (χ0v) is 17.4. The molecular weight excluding hydrogens is 390 g/mol. The van der Waals surface area contributed by atoms with E-state index in [1.54, 1.807) is 25.1 Å².